The van der Waals surface area contributed by atoms with Gasteiger partial charge in [-0.05, 0) is 48.6 Å². The van der Waals surface area contributed by atoms with Gasteiger partial charge in [0.2, 0.25) is 5.91 Å². The van der Waals surface area contributed by atoms with E-state index in [0.29, 0.717) is 11.4 Å². The summed E-state index contributed by atoms with van der Waals surface area (Å²) in [6.07, 6.45) is 4.77. The maximum Gasteiger partial charge on any atom is 0.251 e. The van der Waals surface area contributed by atoms with Gasteiger partial charge >= 0.3 is 0 Å². The number of aliphatic imine (C=N–C) groups is 1. The third-order valence-electron chi connectivity index (χ3n) is 4.31. The van der Waals surface area contributed by atoms with Crippen molar-refractivity contribution in [3.8, 4) is 0 Å². The maximum absolute atomic E-state index is 13.0. The van der Waals surface area contributed by atoms with Crippen LogP contribution >= 0.6 is 28.1 Å². The zero-order valence-electron chi connectivity index (χ0n) is 14.4. The molecule has 0 saturated carbocycles. The number of aromatic nitrogens is 1. The first kappa shape index (κ1) is 18.4. The Labute approximate surface area is 174 Å². The summed E-state index contributed by atoms with van der Waals surface area (Å²) in [5.74, 6) is -2.01. The summed E-state index contributed by atoms with van der Waals surface area (Å²) in [5, 5.41) is 4.45. The van der Waals surface area contributed by atoms with Gasteiger partial charge in [-0.1, -0.05) is 28.1 Å². The van der Waals surface area contributed by atoms with Crippen LogP contribution in [0.2, 0.25) is 0 Å². The highest BCUT2D eigenvalue weighted by Gasteiger charge is 2.38. The lowest BCUT2D eigenvalue weighted by Gasteiger charge is -2.30. The molecule has 1 aliphatic heterocycles. The van der Waals surface area contributed by atoms with Crippen molar-refractivity contribution < 1.29 is 9.59 Å². The molecule has 4 rings (SSSR count). The fourth-order valence-corrected chi connectivity index (χ4v) is 3.49. The third kappa shape index (κ3) is 3.44. The van der Waals surface area contributed by atoms with Crippen LogP contribution in [-0.2, 0) is 9.59 Å². The summed E-state index contributed by atoms with van der Waals surface area (Å²) in [6, 6.07) is 14.5. The fourth-order valence-electron chi connectivity index (χ4n) is 2.93. The molecule has 0 aliphatic carbocycles. The lowest BCUT2D eigenvalue weighted by molar-refractivity contribution is -0.130. The van der Waals surface area contributed by atoms with Gasteiger partial charge in [0.05, 0.1) is 11.4 Å². The number of anilines is 1. The highest BCUT2D eigenvalue weighted by Crippen LogP contribution is 2.26. The summed E-state index contributed by atoms with van der Waals surface area (Å²) in [5.41, 5.74) is 1.23. The van der Waals surface area contributed by atoms with Crippen LogP contribution in [0.4, 0.5) is 11.4 Å². The number of nitrogens with one attached hydrogen (secondary N) is 1. The summed E-state index contributed by atoms with van der Waals surface area (Å²) < 4.78 is 0.874. The van der Waals surface area contributed by atoms with Gasteiger partial charge in [-0.2, -0.15) is 0 Å². The molecule has 2 heterocycles. The minimum absolute atomic E-state index is 0.0539. The predicted octanol–water partition coefficient (Wildman–Crippen LogP) is 3.76. The monoisotopic (exact) mass is 452 g/mol. The quantitative estimate of drug-likeness (QED) is 0.372. The number of nitrogens with zero attached hydrogens (tertiary/aromatic N) is 3. The normalized spacial score (nSPS) is 17.4. The highest BCUT2D eigenvalue weighted by atomic mass is 79.9. The van der Waals surface area contributed by atoms with Crippen molar-refractivity contribution in [2.75, 3.05) is 4.90 Å². The minimum Gasteiger partial charge on any atom is -0.301 e. The van der Waals surface area contributed by atoms with Gasteiger partial charge in [-0.3, -0.25) is 24.5 Å². The molecule has 2 amide bonds. The van der Waals surface area contributed by atoms with E-state index in [2.05, 4.69) is 31.2 Å². The Morgan fingerprint density at radius 1 is 1.14 bits per heavy atom. The number of carbonyl (C=O) groups excluding carboxylic acids is 2. The second-order valence-electron chi connectivity index (χ2n) is 6.07. The Bertz CT molecular complexity index is 1130. The van der Waals surface area contributed by atoms with Crippen molar-refractivity contribution in [2.45, 2.75) is 0 Å². The molecular formula is C20H13BrN4O2S. The molecule has 3 aromatic rings. The molecule has 1 fully saturated rings. The van der Waals surface area contributed by atoms with Gasteiger partial charge in [0.15, 0.2) is 11.0 Å². The molecule has 6 nitrogen and oxygen atoms in total. The number of benzene rings is 2. The molecule has 138 valence electrons. The summed E-state index contributed by atoms with van der Waals surface area (Å²) in [6.45, 7) is 0. The molecule has 0 bridgehead atoms. The van der Waals surface area contributed by atoms with E-state index in [-0.39, 0.29) is 5.11 Å². The Balaban J connectivity index is 1.67. The fraction of sp³-hybridized carbons (Fsp3) is 0.0500. The van der Waals surface area contributed by atoms with E-state index in [1.54, 1.807) is 36.7 Å². The van der Waals surface area contributed by atoms with E-state index in [9.17, 15) is 9.59 Å². The van der Waals surface area contributed by atoms with Gasteiger partial charge in [0.25, 0.3) is 5.91 Å². The molecule has 1 saturated heterocycles. The number of pyridine rings is 1. The van der Waals surface area contributed by atoms with E-state index in [1.165, 1.54) is 11.1 Å². The molecule has 1 N–H and O–H groups in total. The Kier molecular flexibility index (Phi) is 4.97. The molecular weight excluding hydrogens is 440 g/mol. The van der Waals surface area contributed by atoms with Crippen LogP contribution in [0.15, 0.2) is 70.4 Å². The largest absolute Gasteiger partial charge is 0.301 e. The minimum atomic E-state index is -1.08. The zero-order valence-corrected chi connectivity index (χ0v) is 16.8. The summed E-state index contributed by atoms with van der Waals surface area (Å²) in [7, 11) is 0. The second kappa shape index (κ2) is 7.57. The van der Waals surface area contributed by atoms with Crippen LogP contribution < -0.4 is 10.2 Å². The lowest BCUT2D eigenvalue weighted by Crippen LogP contribution is -2.58. The lowest BCUT2D eigenvalue weighted by atomic mass is 10.1. The van der Waals surface area contributed by atoms with E-state index in [1.807, 2.05) is 24.3 Å². The number of halogens is 1. The summed E-state index contributed by atoms with van der Waals surface area (Å²) >= 11 is 8.56. The van der Waals surface area contributed by atoms with Gasteiger partial charge < -0.3 is 5.32 Å². The van der Waals surface area contributed by atoms with Crippen molar-refractivity contribution >= 4 is 73.4 Å². The van der Waals surface area contributed by atoms with Gasteiger partial charge in [0, 0.05) is 33.9 Å². The van der Waals surface area contributed by atoms with E-state index >= 15 is 0 Å². The smallest absolute Gasteiger partial charge is 0.251 e. The molecule has 2 aromatic carbocycles. The Hall–Kier alpha value is -2.97. The Morgan fingerprint density at radius 2 is 1.93 bits per heavy atom. The Morgan fingerprint density at radius 3 is 2.71 bits per heavy atom. The van der Waals surface area contributed by atoms with Crippen LogP contribution in [0.3, 0.4) is 0 Å². The molecule has 8 heteroatoms. The first-order valence-electron chi connectivity index (χ1n) is 8.36. The summed E-state index contributed by atoms with van der Waals surface area (Å²) in [4.78, 5) is 35.2. The molecule has 1 aliphatic rings. The first-order valence-corrected chi connectivity index (χ1v) is 9.56. The van der Waals surface area contributed by atoms with Crippen molar-refractivity contribution in [2.24, 2.45) is 10.9 Å². The van der Waals surface area contributed by atoms with Crippen LogP contribution in [0.25, 0.3) is 10.8 Å². The zero-order chi connectivity index (χ0) is 19.7. The van der Waals surface area contributed by atoms with E-state index in [4.69, 9.17) is 12.2 Å². The first-order chi connectivity index (χ1) is 13.5. The average Bonchev–Trinajstić information content (AvgIpc) is 2.69. The SMILES string of the molecule is O=C1NC(=S)N(c2ccc(Br)cc2)C(=O)[C@@H]1C=Nc1cccc2cnccc12. The molecule has 1 aromatic heterocycles. The molecule has 1 atom stereocenters. The predicted molar refractivity (Wildman–Crippen MR) is 116 cm³/mol. The van der Waals surface area contributed by atoms with Gasteiger partial charge in [0.1, 0.15) is 0 Å². The standard InChI is InChI=1S/C20H13BrN4O2S/c21-13-4-6-14(7-5-13)25-19(27)16(18(26)24-20(25)28)11-23-17-3-1-2-12-10-22-9-8-15(12)17/h1-11,16H,(H,24,26,28)/t16-/m1/s1. The molecule has 0 spiro atoms. The van der Waals surface area contributed by atoms with Gasteiger partial charge in [-0.25, -0.2) is 0 Å². The van der Waals surface area contributed by atoms with Crippen LogP contribution in [0, 0.1) is 5.92 Å². The van der Waals surface area contributed by atoms with Crippen molar-refractivity contribution in [3.05, 3.63) is 65.4 Å². The molecule has 0 unspecified atom stereocenters. The number of amides is 2. The number of carbonyl (C=O) groups is 2. The van der Waals surface area contributed by atoms with Crippen LogP contribution in [-0.4, -0.2) is 28.1 Å². The van der Waals surface area contributed by atoms with E-state index in [0.717, 1.165) is 15.2 Å². The topological polar surface area (TPSA) is 74.7 Å². The third-order valence-corrected chi connectivity index (χ3v) is 5.12. The molecule has 0 radical (unpaired) electrons. The number of hydrogen-bond donors (Lipinski definition) is 1. The molecule has 28 heavy (non-hydrogen) atoms. The van der Waals surface area contributed by atoms with Gasteiger partial charge in [-0.15, -0.1) is 0 Å². The van der Waals surface area contributed by atoms with E-state index < -0.39 is 17.7 Å². The van der Waals surface area contributed by atoms with Crippen molar-refractivity contribution in [3.63, 3.8) is 0 Å². The highest BCUT2D eigenvalue weighted by molar-refractivity contribution is 9.10. The average molecular weight is 453 g/mol. The number of thiocarbonyl (C=S) groups is 1. The number of hydrogen-bond acceptors (Lipinski definition) is 5. The second-order valence-corrected chi connectivity index (χ2v) is 7.38. The van der Waals surface area contributed by atoms with Crippen LogP contribution in [0.5, 0.6) is 0 Å². The van der Waals surface area contributed by atoms with Crippen molar-refractivity contribution in [1.82, 2.24) is 10.3 Å². The number of rotatable bonds is 3. The maximum atomic E-state index is 13.0. The van der Waals surface area contributed by atoms with Crippen LogP contribution in [0.1, 0.15) is 0 Å². The number of fused-ring (bicyclic) bond motifs is 1. The van der Waals surface area contributed by atoms with Crippen molar-refractivity contribution in [1.29, 1.82) is 0 Å².